The van der Waals surface area contributed by atoms with Crippen molar-refractivity contribution < 1.29 is 9.47 Å². The van der Waals surface area contributed by atoms with Crippen LogP contribution in [-0.2, 0) is 10.1 Å². The number of halogens is 2. The first-order chi connectivity index (χ1) is 8.39. The molecule has 4 heteroatoms. The van der Waals surface area contributed by atoms with E-state index < -0.39 is 0 Å². The van der Waals surface area contributed by atoms with Gasteiger partial charge in [0, 0.05) is 28.9 Å². The molecule has 0 aliphatic heterocycles. The van der Waals surface area contributed by atoms with Gasteiger partial charge in [-0.25, -0.2) is 0 Å². The molecular formula is C14H20Br2O2. The Kier molecular flexibility index (Phi) is 6.15. The second-order valence-electron chi connectivity index (χ2n) is 4.91. The van der Waals surface area contributed by atoms with Crippen LogP contribution in [0, 0.1) is 6.92 Å². The van der Waals surface area contributed by atoms with Crippen molar-refractivity contribution in [1.29, 1.82) is 0 Å². The molecule has 0 N–H and O–H groups in total. The molecule has 0 heterocycles. The summed E-state index contributed by atoms with van der Waals surface area (Å²) in [5.41, 5.74) is 2.17. The normalized spacial score (nSPS) is 11.7. The Morgan fingerprint density at radius 2 is 1.94 bits per heavy atom. The van der Waals surface area contributed by atoms with Gasteiger partial charge in [-0.05, 0) is 38.5 Å². The third-order valence-electron chi connectivity index (χ3n) is 2.96. The molecule has 102 valence electrons. The van der Waals surface area contributed by atoms with E-state index in [0.717, 1.165) is 33.1 Å². The molecule has 0 saturated heterocycles. The number of ether oxygens (including phenoxy) is 2. The molecular weight excluding hydrogens is 360 g/mol. The lowest BCUT2D eigenvalue weighted by Gasteiger charge is -2.23. The van der Waals surface area contributed by atoms with Gasteiger partial charge in [-0.2, -0.15) is 0 Å². The zero-order valence-electron chi connectivity index (χ0n) is 11.3. The minimum absolute atomic E-state index is 0.141. The second-order valence-corrected chi connectivity index (χ2v) is 6.38. The van der Waals surface area contributed by atoms with Crippen LogP contribution in [0.25, 0.3) is 0 Å². The Morgan fingerprint density at radius 3 is 2.50 bits per heavy atom. The number of hydrogen-bond donors (Lipinski definition) is 0. The predicted molar refractivity (Wildman–Crippen MR) is 82.7 cm³/mol. The largest absolute Gasteiger partial charge is 0.493 e. The van der Waals surface area contributed by atoms with Gasteiger partial charge in [-0.15, -0.1) is 0 Å². The van der Waals surface area contributed by atoms with E-state index in [9.17, 15) is 0 Å². The van der Waals surface area contributed by atoms with Gasteiger partial charge in [-0.1, -0.05) is 31.9 Å². The summed E-state index contributed by atoms with van der Waals surface area (Å²) in [5.74, 6) is 0.974. The highest BCUT2D eigenvalue weighted by molar-refractivity contribution is 9.10. The Balaban J connectivity index is 2.73. The van der Waals surface area contributed by atoms with E-state index in [2.05, 4.69) is 64.8 Å². The molecule has 2 nitrogen and oxygen atoms in total. The predicted octanol–water partition coefficient (Wildman–Crippen LogP) is 4.85. The van der Waals surface area contributed by atoms with Gasteiger partial charge in [0.05, 0.1) is 12.2 Å². The van der Waals surface area contributed by atoms with E-state index in [4.69, 9.17) is 9.47 Å². The molecule has 0 fully saturated rings. The zero-order chi connectivity index (χ0) is 13.8. The van der Waals surface area contributed by atoms with Crippen LogP contribution in [0.2, 0.25) is 0 Å². The SMILES string of the molecule is COC(C)(C)CCOc1c(C)cc(Br)cc1CBr. The standard InChI is InChI=1S/C14H20Br2O2/c1-10-7-12(16)8-11(9-15)13(10)18-6-5-14(2,3)17-4/h7-8H,5-6,9H2,1-4H3. The average Bonchev–Trinajstić information content (AvgIpc) is 2.31. The van der Waals surface area contributed by atoms with Crippen LogP contribution in [0.1, 0.15) is 31.4 Å². The van der Waals surface area contributed by atoms with E-state index in [0.29, 0.717) is 6.61 Å². The van der Waals surface area contributed by atoms with Crippen LogP contribution in [0.3, 0.4) is 0 Å². The smallest absolute Gasteiger partial charge is 0.126 e. The summed E-state index contributed by atoms with van der Waals surface area (Å²) in [6, 6.07) is 4.15. The van der Waals surface area contributed by atoms with Crippen molar-refractivity contribution in [2.45, 2.75) is 38.1 Å². The Bertz CT molecular complexity index is 403. The molecule has 1 rings (SSSR count). The fraction of sp³-hybridized carbons (Fsp3) is 0.571. The van der Waals surface area contributed by atoms with Crippen molar-refractivity contribution in [2.75, 3.05) is 13.7 Å². The van der Waals surface area contributed by atoms with Gasteiger partial charge in [-0.3, -0.25) is 0 Å². The Hall–Kier alpha value is -0.0600. The van der Waals surface area contributed by atoms with E-state index in [1.165, 1.54) is 0 Å². The number of alkyl halides is 1. The van der Waals surface area contributed by atoms with Crippen LogP contribution in [0.15, 0.2) is 16.6 Å². The van der Waals surface area contributed by atoms with Crippen molar-refractivity contribution in [2.24, 2.45) is 0 Å². The van der Waals surface area contributed by atoms with E-state index in [-0.39, 0.29) is 5.60 Å². The van der Waals surface area contributed by atoms with Gasteiger partial charge < -0.3 is 9.47 Å². The van der Waals surface area contributed by atoms with Crippen LogP contribution in [0.4, 0.5) is 0 Å². The van der Waals surface area contributed by atoms with Crippen LogP contribution >= 0.6 is 31.9 Å². The summed E-state index contributed by atoms with van der Waals surface area (Å²) in [6.45, 7) is 6.85. The molecule has 0 aromatic heterocycles. The monoisotopic (exact) mass is 378 g/mol. The Labute approximate surface area is 126 Å². The second kappa shape index (κ2) is 6.92. The Morgan fingerprint density at radius 1 is 1.28 bits per heavy atom. The molecule has 0 aliphatic carbocycles. The third-order valence-corrected chi connectivity index (χ3v) is 4.03. The number of methoxy groups -OCH3 is 1. The lowest BCUT2D eigenvalue weighted by atomic mass is 10.1. The minimum Gasteiger partial charge on any atom is -0.493 e. The van der Waals surface area contributed by atoms with Crippen molar-refractivity contribution >= 4 is 31.9 Å². The van der Waals surface area contributed by atoms with Gasteiger partial charge in [0.1, 0.15) is 5.75 Å². The molecule has 0 unspecified atom stereocenters. The van der Waals surface area contributed by atoms with Crippen molar-refractivity contribution in [3.8, 4) is 5.75 Å². The fourth-order valence-electron chi connectivity index (χ4n) is 1.61. The van der Waals surface area contributed by atoms with Crippen LogP contribution < -0.4 is 4.74 Å². The van der Waals surface area contributed by atoms with Gasteiger partial charge in [0.2, 0.25) is 0 Å². The molecule has 0 spiro atoms. The van der Waals surface area contributed by atoms with Gasteiger partial charge in [0.15, 0.2) is 0 Å². The molecule has 0 aliphatic rings. The van der Waals surface area contributed by atoms with Crippen molar-refractivity contribution in [3.05, 3.63) is 27.7 Å². The van der Waals surface area contributed by atoms with E-state index in [1.807, 2.05) is 0 Å². The number of hydrogen-bond acceptors (Lipinski definition) is 2. The summed E-state index contributed by atoms with van der Waals surface area (Å²) in [6.07, 6.45) is 0.862. The molecule has 0 amide bonds. The summed E-state index contributed by atoms with van der Waals surface area (Å²) in [4.78, 5) is 0. The first-order valence-corrected chi connectivity index (χ1v) is 7.84. The molecule has 0 bridgehead atoms. The lowest BCUT2D eigenvalue weighted by Crippen LogP contribution is -2.25. The van der Waals surface area contributed by atoms with Crippen LogP contribution in [-0.4, -0.2) is 19.3 Å². The van der Waals surface area contributed by atoms with Crippen molar-refractivity contribution in [1.82, 2.24) is 0 Å². The quantitative estimate of drug-likeness (QED) is 0.658. The highest BCUT2D eigenvalue weighted by Gasteiger charge is 2.17. The molecule has 1 aromatic rings. The number of benzene rings is 1. The fourth-order valence-corrected chi connectivity index (χ4v) is 2.64. The third kappa shape index (κ3) is 4.56. The first kappa shape index (κ1) is 16.0. The lowest BCUT2D eigenvalue weighted by molar-refractivity contribution is 0.00533. The minimum atomic E-state index is -0.141. The molecule has 18 heavy (non-hydrogen) atoms. The maximum absolute atomic E-state index is 5.92. The van der Waals surface area contributed by atoms with Gasteiger partial charge >= 0.3 is 0 Å². The zero-order valence-corrected chi connectivity index (χ0v) is 14.5. The highest BCUT2D eigenvalue weighted by Crippen LogP contribution is 2.30. The topological polar surface area (TPSA) is 18.5 Å². The van der Waals surface area contributed by atoms with Crippen LogP contribution in [0.5, 0.6) is 5.75 Å². The molecule has 0 atom stereocenters. The maximum Gasteiger partial charge on any atom is 0.126 e. The van der Waals surface area contributed by atoms with E-state index >= 15 is 0 Å². The molecule has 0 saturated carbocycles. The average molecular weight is 380 g/mol. The summed E-state index contributed by atoms with van der Waals surface area (Å²) < 4.78 is 12.4. The first-order valence-electron chi connectivity index (χ1n) is 5.92. The van der Waals surface area contributed by atoms with Crippen molar-refractivity contribution in [3.63, 3.8) is 0 Å². The number of rotatable bonds is 6. The number of aryl methyl sites for hydroxylation is 1. The summed E-state index contributed by atoms with van der Waals surface area (Å²) in [7, 11) is 1.73. The van der Waals surface area contributed by atoms with Gasteiger partial charge in [0.25, 0.3) is 0 Å². The molecule has 0 radical (unpaired) electrons. The summed E-state index contributed by atoms with van der Waals surface area (Å²) >= 11 is 7.00. The van der Waals surface area contributed by atoms with E-state index in [1.54, 1.807) is 7.11 Å². The summed E-state index contributed by atoms with van der Waals surface area (Å²) in [5, 5.41) is 0.788. The highest BCUT2D eigenvalue weighted by atomic mass is 79.9. The maximum atomic E-state index is 5.92. The molecule has 1 aromatic carbocycles.